The van der Waals surface area contributed by atoms with Gasteiger partial charge in [0.25, 0.3) is 0 Å². The van der Waals surface area contributed by atoms with Crippen molar-refractivity contribution in [2.24, 2.45) is 0 Å². The maximum Gasteiger partial charge on any atom is 0.247 e. The number of thiophene rings is 2. The van der Waals surface area contributed by atoms with E-state index in [-0.39, 0.29) is 13.4 Å². The lowest BCUT2D eigenvalue weighted by molar-refractivity contribution is 1.32. The summed E-state index contributed by atoms with van der Waals surface area (Å²) in [5.74, 6) is 0. The van der Waals surface area contributed by atoms with E-state index in [0.717, 1.165) is 0 Å². The third-order valence-electron chi connectivity index (χ3n) is 10.9. The van der Waals surface area contributed by atoms with Crippen LogP contribution in [0.4, 0.5) is 0 Å². The van der Waals surface area contributed by atoms with Gasteiger partial charge >= 0.3 is 0 Å². The normalized spacial score (nSPS) is 14.8. The lowest BCUT2D eigenvalue weighted by Crippen LogP contribution is -2.62. The highest BCUT2D eigenvalue weighted by molar-refractivity contribution is 8.02. The van der Waals surface area contributed by atoms with Crippen molar-refractivity contribution in [2.45, 2.75) is 39.2 Å². The van der Waals surface area contributed by atoms with Gasteiger partial charge in [0.2, 0.25) is 13.4 Å². The topological polar surface area (TPSA) is 0 Å². The molecule has 4 aliphatic rings. The summed E-state index contributed by atoms with van der Waals surface area (Å²) < 4.78 is 5.55. The molecular formula is C42H20B2S6. The van der Waals surface area contributed by atoms with Crippen LogP contribution in [-0.4, -0.2) is 13.4 Å². The molecular weight excluding hydrogens is 718 g/mol. The maximum atomic E-state index is 2.64. The third kappa shape index (κ3) is 3.62. The molecule has 50 heavy (non-hydrogen) atoms. The minimum absolute atomic E-state index is 0.212. The van der Waals surface area contributed by atoms with Crippen molar-refractivity contribution in [3.63, 3.8) is 0 Å². The molecule has 8 heteroatoms. The van der Waals surface area contributed by atoms with Gasteiger partial charge in [-0.1, -0.05) is 148 Å². The number of fused-ring (bicyclic) bond motifs is 16. The Morgan fingerprint density at radius 1 is 0.340 bits per heavy atom. The molecule has 230 valence electrons. The minimum atomic E-state index is 0.212. The molecule has 0 fully saturated rings. The number of rotatable bonds is 0. The number of benzene rings is 7. The van der Waals surface area contributed by atoms with Crippen LogP contribution in [0.5, 0.6) is 0 Å². The highest BCUT2D eigenvalue weighted by Gasteiger charge is 2.44. The smallest absolute Gasteiger partial charge is 0.135 e. The molecule has 0 amide bonds. The van der Waals surface area contributed by atoms with E-state index in [0.29, 0.717) is 0 Å². The van der Waals surface area contributed by atoms with E-state index >= 15 is 0 Å². The lowest BCUT2D eigenvalue weighted by Gasteiger charge is -2.37. The summed E-state index contributed by atoms with van der Waals surface area (Å²) in [5.41, 5.74) is 8.86. The van der Waals surface area contributed by atoms with Crippen LogP contribution >= 0.6 is 69.7 Å². The molecule has 6 heterocycles. The van der Waals surface area contributed by atoms with Crippen LogP contribution in [0, 0.1) is 0 Å². The Morgan fingerprint density at radius 3 is 1.32 bits per heavy atom. The molecule has 2 aromatic heterocycles. The Hall–Kier alpha value is -3.49. The van der Waals surface area contributed by atoms with Crippen molar-refractivity contribution in [1.29, 1.82) is 0 Å². The van der Waals surface area contributed by atoms with Gasteiger partial charge in [-0.05, 0) is 53.4 Å². The predicted molar refractivity (Wildman–Crippen MR) is 224 cm³/mol. The van der Waals surface area contributed by atoms with E-state index in [1.54, 1.807) is 0 Å². The monoisotopic (exact) mass is 738 g/mol. The van der Waals surface area contributed by atoms with Gasteiger partial charge in [-0.15, -0.1) is 22.7 Å². The summed E-state index contributed by atoms with van der Waals surface area (Å²) in [6, 6.07) is 46.6. The summed E-state index contributed by atoms with van der Waals surface area (Å²) in [6.07, 6.45) is 0. The molecule has 0 atom stereocenters. The second kappa shape index (κ2) is 10.1. The first-order valence-corrected chi connectivity index (χ1v) is 21.7. The van der Waals surface area contributed by atoms with Gasteiger partial charge in [0.15, 0.2) is 0 Å². The number of hydrogen-bond donors (Lipinski definition) is 0. The molecule has 0 spiro atoms. The van der Waals surface area contributed by atoms with Gasteiger partial charge in [-0.25, -0.2) is 0 Å². The molecule has 0 nitrogen and oxygen atoms in total. The summed E-state index contributed by atoms with van der Waals surface area (Å²) in [6.45, 7) is 0.425. The standard InChI is InChI=1S/C42H20B2S6/c1-5-13-27-21(9-1)37-33(45-27)19-35-39-41(37)49-31-18-32-26(17-25(31)43(39)23-11-3-7-15-29(23)47-35)44-24-12-4-8-16-30(24)48-36-20-34-38(42(50-32)40(36)44)22-10-2-6-14-28(22)46-34/h1-20H. The Balaban J connectivity index is 1.12. The summed E-state index contributed by atoms with van der Waals surface area (Å²) >= 11 is 11.9. The van der Waals surface area contributed by atoms with E-state index in [1.165, 1.54) is 112 Å². The van der Waals surface area contributed by atoms with Crippen LogP contribution in [0.25, 0.3) is 40.3 Å². The van der Waals surface area contributed by atoms with Crippen molar-refractivity contribution in [1.82, 2.24) is 0 Å². The van der Waals surface area contributed by atoms with E-state index in [4.69, 9.17) is 0 Å². The average molecular weight is 739 g/mol. The SMILES string of the molecule is c1ccc2c(c1)Sc1cc3sc4ccccc4c3c3c1B2c1cc2c(cc1S3)Sc1c3c(cc4sc5ccccc5c14)Sc1ccccc1B23. The first kappa shape index (κ1) is 28.1. The Bertz CT molecular complexity index is 2830. The van der Waals surface area contributed by atoms with E-state index in [1.807, 2.05) is 69.7 Å². The van der Waals surface area contributed by atoms with Crippen LogP contribution in [0.3, 0.4) is 0 Å². The van der Waals surface area contributed by atoms with Gasteiger partial charge in [-0.2, -0.15) is 0 Å². The van der Waals surface area contributed by atoms with Gasteiger partial charge < -0.3 is 0 Å². The van der Waals surface area contributed by atoms with Crippen molar-refractivity contribution in [2.75, 3.05) is 0 Å². The summed E-state index contributed by atoms with van der Waals surface area (Å²) in [5, 5.41) is 5.66. The summed E-state index contributed by atoms with van der Waals surface area (Å²) in [7, 11) is 0. The predicted octanol–water partition coefficient (Wildman–Crippen LogP) is 9.31. The van der Waals surface area contributed by atoms with Crippen LogP contribution in [-0.2, 0) is 0 Å². The van der Waals surface area contributed by atoms with Crippen molar-refractivity contribution >= 4 is 156 Å². The molecule has 0 unspecified atom stereocenters. The highest BCUT2D eigenvalue weighted by atomic mass is 32.2. The van der Waals surface area contributed by atoms with Crippen LogP contribution in [0.1, 0.15) is 0 Å². The zero-order valence-electron chi connectivity index (χ0n) is 26.2. The second-order valence-electron chi connectivity index (χ2n) is 13.5. The maximum absolute atomic E-state index is 2.64. The quantitative estimate of drug-likeness (QED) is 0.142. The molecule has 4 aliphatic heterocycles. The zero-order chi connectivity index (χ0) is 32.2. The third-order valence-corrected chi connectivity index (χ3v) is 17.8. The van der Waals surface area contributed by atoms with Gasteiger partial charge in [-0.3, -0.25) is 0 Å². The average Bonchev–Trinajstić information content (AvgIpc) is 3.72. The van der Waals surface area contributed by atoms with Crippen LogP contribution in [0.2, 0.25) is 0 Å². The molecule has 0 saturated heterocycles. The molecule has 0 bridgehead atoms. The minimum Gasteiger partial charge on any atom is -0.135 e. The summed E-state index contributed by atoms with van der Waals surface area (Å²) in [4.78, 5) is 11.4. The first-order valence-electron chi connectivity index (χ1n) is 16.8. The van der Waals surface area contributed by atoms with E-state index in [9.17, 15) is 0 Å². The van der Waals surface area contributed by atoms with E-state index in [2.05, 4.69) is 121 Å². The highest BCUT2D eigenvalue weighted by Crippen LogP contribution is 2.50. The molecule has 0 N–H and O–H groups in total. The Morgan fingerprint density at radius 2 is 0.800 bits per heavy atom. The molecule has 0 saturated carbocycles. The fourth-order valence-electron chi connectivity index (χ4n) is 8.88. The fourth-order valence-corrected chi connectivity index (χ4v) is 16.8. The fraction of sp³-hybridized carbons (Fsp3) is 0. The molecule has 0 aliphatic carbocycles. The molecule has 13 rings (SSSR count). The second-order valence-corrected chi connectivity index (χ2v) is 19.9. The van der Waals surface area contributed by atoms with Crippen molar-refractivity contribution in [3.05, 3.63) is 121 Å². The molecule has 0 radical (unpaired) electrons. The van der Waals surface area contributed by atoms with Gasteiger partial charge in [0, 0.05) is 79.5 Å². The molecule has 9 aromatic rings. The van der Waals surface area contributed by atoms with Crippen LogP contribution in [0.15, 0.2) is 160 Å². The van der Waals surface area contributed by atoms with Crippen molar-refractivity contribution < 1.29 is 0 Å². The van der Waals surface area contributed by atoms with Crippen LogP contribution < -0.4 is 32.8 Å². The van der Waals surface area contributed by atoms with Gasteiger partial charge in [0.05, 0.1) is 0 Å². The molecule has 7 aromatic carbocycles. The largest absolute Gasteiger partial charge is 0.247 e. The van der Waals surface area contributed by atoms with E-state index < -0.39 is 0 Å². The lowest BCUT2D eigenvalue weighted by atomic mass is 9.33. The van der Waals surface area contributed by atoms with Crippen molar-refractivity contribution in [3.8, 4) is 0 Å². The Kier molecular flexibility index (Phi) is 5.68. The zero-order valence-corrected chi connectivity index (χ0v) is 31.1. The first-order chi connectivity index (χ1) is 24.8. The van der Waals surface area contributed by atoms with Gasteiger partial charge in [0.1, 0.15) is 0 Å². The Labute approximate surface area is 314 Å². The number of hydrogen-bond acceptors (Lipinski definition) is 6.